The van der Waals surface area contributed by atoms with Crippen LogP contribution in [0.4, 0.5) is 10.7 Å². The summed E-state index contributed by atoms with van der Waals surface area (Å²) in [5.74, 6) is -1.19. The lowest BCUT2D eigenvalue weighted by Crippen LogP contribution is -2.30. The number of benzene rings is 4. The van der Waals surface area contributed by atoms with Gasteiger partial charge < -0.3 is 20.7 Å². The molecule has 0 spiro atoms. The van der Waals surface area contributed by atoms with E-state index < -0.39 is 23.0 Å². The Labute approximate surface area is 330 Å². The molecule has 0 aliphatic heterocycles. The van der Waals surface area contributed by atoms with Gasteiger partial charge in [-0.15, -0.1) is 23.1 Å². The second-order valence-electron chi connectivity index (χ2n) is 14.7. The highest BCUT2D eigenvalue weighted by molar-refractivity contribution is 8.00. The van der Waals surface area contributed by atoms with Crippen molar-refractivity contribution in [2.75, 3.05) is 17.7 Å². The van der Waals surface area contributed by atoms with Crippen LogP contribution in [-0.4, -0.2) is 30.8 Å². The van der Waals surface area contributed by atoms with E-state index in [0.717, 1.165) is 51.3 Å². The van der Waals surface area contributed by atoms with Gasteiger partial charge in [0.25, 0.3) is 11.8 Å². The van der Waals surface area contributed by atoms with Gasteiger partial charge in [0.15, 0.2) is 0 Å². The Balaban J connectivity index is 1.25. The molecule has 0 bridgehead atoms. The summed E-state index contributed by atoms with van der Waals surface area (Å²) >= 11 is 2.79. The molecule has 6 rings (SSSR count). The highest BCUT2D eigenvalue weighted by Gasteiger charge is 2.35. The van der Waals surface area contributed by atoms with E-state index >= 15 is 0 Å². The van der Waals surface area contributed by atoms with Crippen LogP contribution in [0.25, 0.3) is 6.08 Å². The van der Waals surface area contributed by atoms with Gasteiger partial charge in [0.05, 0.1) is 12.7 Å². The molecule has 282 valence electrons. The average Bonchev–Trinajstić information content (AvgIpc) is 3.54. The van der Waals surface area contributed by atoms with Crippen molar-refractivity contribution in [2.45, 2.75) is 57.1 Å². The van der Waals surface area contributed by atoms with Gasteiger partial charge in [-0.3, -0.25) is 14.4 Å². The van der Waals surface area contributed by atoms with E-state index in [1.807, 2.05) is 73.7 Å². The predicted molar refractivity (Wildman–Crippen MR) is 222 cm³/mol. The molecule has 1 aliphatic rings. The summed E-state index contributed by atoms with van der Waals surface area (Å²) in [6.07, 6.45) is 4.20. The first kappa shape index (κ1) is 39.2. The summed E-state index contributed by atoms with van der Waals surface area (Å²) in [7, 11) is 1.37. The van der Waals surface area contributed by atoms with E-state index in [1.54, 1.807) is 48.5 Å². The standard InChI is InChI=1S/C45H45N3O5S2/c1-28-14-12-15-29(24-28)25-36(47-40(49)31-18-10-7-11-19-31)41(50)46-33-20-13-21-34(27-33)54-39(30-16-8-6-9-17-30)42(51)48-43-38(44(52)53-5)35-23-22-32(45(2,3)4)26-37(35)55-43/h6-21,24-25,27,32,39H,22-23,26H2,1-5H3,(H,46,50)(H,47,49)(H,48,51)/b36-25+. The molecule has 5 aromatic rings. The van der Waals surface area contributed by atoms with Gasteiger partial charge in [0.1, 0.15) is 15.9 Å². The molecule has 0 saturated heterocycles. The van der Waals surface area contributed by atoms with Crippen molar-refractivity contribution < 1.29 is 23.9 Å². The van der Waals surface area contributed by atoms with Gasteiger partial charge in [-0.1, -0.05) is 105 Å². The SMILES string of the molecule is COC(=O)c1c(NC(=O)C(Sc2cccc(NC(=O)/C(=C\c3cccc(C)c3)NC(=O)c3ccccc3)c2)c2ccccc2)sc2c1CCC(C(C)(C)C)C2. The van der Waals surface area contributed by atoms with Gasteiger partial charge in [0.2, 0.25) is 5.91 Å². The van der Waals surface area contributed by atoms with Gasteiger partial charge >= 0.3 is 5.97 Å². The van der Waals surface area contributed by atoms with E-state index in [1.165, 1.54) is 30.2 Å². The molecule has 55 heavy (non-hydrogen) atoms. The van der Waals surface area contributed by atoms with Crippen LogP contribution in [-0.2, 0) is 27.2 Å². The predicted octanol–water partition coefficient (Wildman–Crippen LogP) is 9.88. The Morgan fingerprint density at radius 1 is 0.873 bits per heavy atom. The molecule has 10 heteroatoms. The zero-order chi connectivity index (χ0) is 39.1. The van der Waals surface area contributed by atoms with E-state index in [2.05, 4.69) is 36.7 Å². The first-order valence-corrected chi connectivity index (χ1v) is 19.9. The maximum Gasteiger partial charge on any atom is 0.341 e. The maximum atomic E-state index is 14.3. The van der Waals surface area contributed by atoms with Crippen molar-refractivity contribution in [2.24, 2.45) is 11.3 Å². The lowest BCUT2D eigenvalue weighted by Gasteiger charge is -2.33. The summed E-state index contributed by atoms with van der Waals surface area (Å²) in [4.78, 5) is 56.2. The summed E-state index contributed by atoms with van der Waals surface area (Å²) in [6, 6.07) is 33.0. The second kappa shape index (κ2) is 17.3. The monoisotopic (exact) mass is 771 g/mol. The lowest BCUT2D eigenvalue weighted by molar-refractivity contribution is -0.116. The fraction of sp³-hybridized carbons (Fsp3) is 0.244. The first-order chi connectivity index (χ1) is 26.4. The first-order valence-electron chi connectivity index (χ1n) is 18.2. The van der Waals surface area contributed by atoms with Gasteiger partial charge in [-0.25, -0.2) is 4.79 Å². The normalized spacial score (nSPS) is 14.6. The van der Waals surface area contributed by atoms with E-state index in [-0.39, 0.29) is 17.0 Å². The van der Waals surface area contributed by atoms with Crippen molar-refractivity contribution in [1.29, 1.82) is 0 Å². The number of anilines is 2. The molecule has 4 aromatic carbocycles. The lowest BCUT2D eigenvalue weighted by atomic mass is 9.72. The highest BCUT2D eigenvalue weighted by Crippen LogP contribution is 2.45. The van der Waals surface area contributed by atoms with Crippen LogP contribution in [0.15, 0.2) is 120 Å². The number of carbonyl (C=O) groups is 4. The molecule has 3 N–H and O–H groups in total. The zero-order valence-electron chi connectivity index (χ0n) is 31.6. The second-order valence-corrected chi connectivity index (χ2v) is 17.0. The number of hydrogen-bond acceptors (Lipinski definition) is 7. The Bertz CT molecular complexity index is 2220. The average molecular weight is 772 g/mol. The number of rotatable bonds is 11. The highest BCUT2D eigenvalue weighted by atomic mass is 32.2. The number of methoxy groups -OCH3 is 1. The van der Waals surface area contributed by atoms with Gasteiger partial charge in [-0.2, -0.15) is 0 Å². The Morgan fingerprint density at radius 2 is 1.58 bits per heavy atom. The number of hydrogen-bond donors (Lipinski definition) is 3. The fourth-order valence-electron chi connectivity index (χ4n) is 6.66. The van der Waals surface area contributed by atoms with Crippen LogP contribution < -0.4 is 16.0 Å². The van der Waals surface area contributed by atoms with E-state index in [0.29, 0.717) is 27.7 Å². The van der Waals surface area contributed by atoms with Crippen molar-refractivity contribution in [3.05, 3.63) is 153 Å². The summed E-state index contributed by atoms with van der Waals surface area (Å²) < 4.78 is 5.21. The molecule has 0 fully saturated rings. The fourth-order valence-corrected chi connectivity index (χ4v) is 9.06. The number of nitrogens with one attached hydrogen (secondary N) is 3. The van der Waals surface area contributed by atoms with E-state index in [9.17, 15) is 19.2 Å². The molecule has 0 saturated carbocycles. The number of amides is 3. The summed E-state index contributed by atoms with van der Waals surface area (Å²) in [5, 5.41) is 8.66. The minimum Gasteiger partial charge on any atom is -0.465 e. The minimum atomic E-state index is -0.693. The van der Waals surface area contributed by atoms with Crippen molar-refractivity contribution in [1.82, 2.24) is 5.32 Å². The van der Waals surface area contributed by atoms with Crippen LogP contribution in [0.1, 0.15) is 80.3 Å². The molecule has 1 aliphatic carbocycles. The summed E-state index contributed by atoms with van der Waals surface area (Å²) in [5.41, 5.74) is 5.06. The molecule has 2 atom stereocenters. The molecule has 8 nitrogen and oxygen atoms in total. The van der Waals surface area contributed by atoms with Crippen LogP contribution in [0, 0.1) is 18.3 Å². The number of aryl methyl sites for hydroxylation is 1. The van der Waals surface area contributed by atoms with Gasteiger partial charge in [-0.05, 0) is 90.6 Å². The Kier molecular flexibility index (Phi) is 12.4. The smallest absolute Gasteiger partial charge is 0.341 e. The molecule has 2 unspecified atom stereocenters. The van der Waals surface area contributed by atoms with Crippen molar-refractivity contribution >= 4 is 63.6 Å². The number of thiophene rings is 1. The van der Waals surface area contributed by atoms with Crippen LogP contribution in [0.2, 0.25) is 0 Å². The molecule has 3 amide bonds. The van der Waals surface area contributed by atoms with Crippen molar-refractivity contribution in [3.8, 4) is 0 Å². The molecular weight excluding hydrogens is 727 g/mol. The number of thioether (sulfide) groups is 1. The largest absolute Gasteiger partial charge is 0.465 e. The zero-order valence-corrected chi connectivity index (χ0v) is 33.2. The van der Waals surface area contributed by atoms with Crippen LogP contribution >= 0.6 is 23.1 Å². The summed E-state index contributed by atoms with van der Waals surface area (Å²) in [6.45, 7) is 8.69. The third kappa shape index (κ3) is 9.81. The van der Waals surface area contributed by atoms with Crippen LogP contribution in [0.3, 0.4) is 0 Å². The number of fused-ring (bicyclic) bond motifs is 1. The Morgan fingerprint density at radius 3 is 2.27 bits per heavy atom. The molecule has 0 radical (unpaired) electrons. The number of ether oxygens (including phenoxy) is 1. The quantitative estimate of drug-likeness (QED) is 0.0700. The Hall–Kier alpha value is -5.45. The number of carbonyl (C=O) groups excluding carboxylic acids is 4. The topological polar surface area (TPSA) is 114 Å². The molecule has 1 heterocycles. The van der Waals surface area contributed by atoms with Gasteiger partial charge in [0, 0.05) is 21.0 Å². The van der Waals surface area contributed by atoms with Crippen molar-refractivity contribution in [3.63, 3.8) is 0 Å². The molecule has 1 aromatic heterocycles. The minimum absolute atomic E-state index is 0.0768. The van der Waals surface area contributed by atoms with E-state index in [4.69, 9.17) is 4.74 Å². The van der Waals surface area contributed by atoms with Crippen LogP contribution in [0.5, 0.6) is 0 Å². The third-order valence-corrected chi connectivity index (χ3v) is 12.1. The maximum absolute atomic E-state index is 14.3. The third-order valence-electron chi connectivity index (χ3n) is 9.68. The molecular formula is C45H45N3O5S2. The number of esters is 1.